The summed E-state index contributed by atoms with van der Waals surface area (Å²) in [5.41, 5.74) is 1.27. The van der Waals surface area contributed by atoms with Crippen molar-refractivity contribution in [1.82, 2.24) is 0 Å². The van der Waals surface area contributed by atoms with E-state index in [4.69, 9.17) is 20.8 Å². The number of para-hydroxylation sites is 1. The molecule has 0 amide bonds. The minimum Gasteiger partial charge on any atom is -0.456 e. The largest absolute Gasteiger partial charge is 0.456 e. The Morgan fingerprint density at radius 3 is 2.54 bits per heavy atom. The first kappa shape index (κ1) is 16.1. The van der Waals surface area contributed by atoms with E-state index in [1.807, 2.05) is 24.3 Å². The predicted molar refractivity (Wildman–Crippen MR) is 96.8 cm³/mol. The number of hydrogen-bond donors (Lipinski definition) is 0. The quantitative estimate of drug-likeness (QED) is 0.210. The summed E-state index contributed by atoms with van der Waals surface area (Å²) in [6.07, 6.45) is 0. The molecular weight excluding hydrogens is 358 g/mol. The van der Waals surface area contributed by atoms with E-state index in [1.54, 1.807) is 18.2 Å². The van der Waals surface area contributed by atoms with Gasteiger partial charge >= 0.3 is 5.97 Å². The molecule has 0 atom stereocenters. The highest BCUT2D eigenvalue weighted by molar-refractivity contribution is 6.33. The lowest BCUT2D eigenvalue weighted by Crippen LogP contribution is -2.09. The average Bonchev–Trinajstić information content (AvgIpc) is 2.99. The van der Waals surface area contributed by atoms with Crippen LogP contribution in [-0.4, -0.2) is 10.9 Å². The zero-order valence-electron chi connectivity index (χ0n) is 13.1. The van der Waals surface area contributed by atoms with Gasteiger partial charge in [-0.15, -0.1) is 0 Å². The van der Waals surface area contributed by atoms with Crippen molar-refractivity contribution in [2.24, 2.45) is 0 Å². The Hall–Kier alpha value is -3.38. The van der Waals surface area contributed by atoms with Gasteiger partial charge in [-0.25, -0.2) is 4.79 Å². The van der Waals surface area contributed by atoms with E-state index in [2.05, 4.69) is 0 Å². The average molecular weight is 368 g/mol. The fourth-order valence-corrected chi connectivity index (χ4v) is 2.97. The van der Waals surface area contributed by atoms with Crippen LogP contribution in [0.4, 0.5) is 5.69 Å². The molecule has 6 nitrogen and oxygen atoms in total. The van der Waals surface area contributed by atoms with Crippen LogP contribution >= 0.6 is 11.6 Å². The van der Waals surface area contributed by atoms with Crippen LogP contribution in [0.15, 0.2) is 65.1 Å². The molecule has 3 aromatic carbocycles. The molecule has 0 saturated carbocycles. The summed E-state index contributed by atoms with van der Waals surface area (Å²) < 4.78 is 11.1. The Morgan fingerprint density at radius 1 is 1.00 bits per heavy atom. The summed E-state index contributed by atoms with van der Waals surface area (Å²) in [6.45, 7) is 0. The Balaban J connectivity index is 1.67. The van der Waals surface area contributed by atoms with Crippen LogP contribution in [0.3, 0.4) is 0 Å². The predicted octanol–water partition coefficient (Wildman–Crippen LogP) is 5.37. The Kier molecular flexibility index (Phi) is 3.82. The van der Waals surface area contributed by atoms with Crippen molar-refractivity contribution < 1.29 is 18.9 Å². The molecule has 0 fully saturated rings. The number of esters is 1. The Labute approximate surface area is 151 Å². The monoisotopic (exact) mass is 367 g/mol. The lowest BCUT2D eigenvalue weighted by molar-refractivity contribution is -0.384. The molecule has 4 rings (SSSR count). The number of nitro groups is 1. The van der Waals surface area contributed by atoms with E-state index in [-0.39, 0.29) is 16.3 Å². The molecule has 128 valence electrons. The van der Waals surface area contributed by atoms with Gasteiger partial charge in [-0.05, 0) is 30.3 Å². The van der Waals surface area contributed by atoms with E-state index >= 15 is 0 Å². The molecule has 26 heavy (non-hydrogen) atoms. The molecule has 0 aliphatic rings. The van der Waals surface area contributed by atoms with Crippen molar-refractivity contribution in [1.29, 1.82) is 0 Å². The third-order valence-corrected chi connectivity index (χ3v) is 4.25. The highest BCUT2D eigenvalue weighted by atomic mass is 35.5. The lowest BCUT2D eigenvalue weighted by Gasteiger charge is -2.06. The number of benzene rings is 3. The molecule has 1 heterocycles. The second kappa shape index (κ2) is 6.16. The minimum absolute atomic E-state index is 0.0426. The number of nitro benzene ring substituents is 1. The van der Waals surface area contributed by atoms with Crippen molar-refractivity contribution >= 4 is 45.2 Å². The van der Waals surface area contributed by atoms with Crippen LogP contribution in [0.5, 0.6) is 5.75 Å². The van der Waals surface area contributed by atoms with Gasteiger partial charge in [0, 0.05) is 22.9 Å². The maximum Gasteiger partial charge on any atom is 0.345 e. The normalized spacial score (nSPS) is 11.0. The summed E-state index contributed by atoms with van der Waals surface area (Å²) in [6, 6.07) is 16.2. The number of hydrogen-bond acceptors (Lipinski definition) is 5. The van der Waals surface area contributed by atoms with Crippen molar-refractivity contribution in [2.45, 2.75) is 0 Å². The minimum atomic E-state index is -0.697. The van der Waals surface area contributed by atoms with E-state index in [0.29, 0.717) is 11.3 Å². The zero-order valence-corrected chi connectivity index (χ0v) is 13.9. The van der Waals surface area contributed by atoms with E-state index in [1.165, 1.54) is 12.1 Å². The van der Waals surface area contributed by atoms with Crippen LogP contribution in [-0.2, 0) is 0 Å². The summed E-state index contributed by atoms with van der Waals surface area (Å²) in [5, 5.41) is 12.4. The molecule has 0 radical (unpaired) electrons. The molecule has 1 aromatic heterocycles. The van der Waals surface area contributed by atoms with Gasteiger partial charge in [0.2, 0.25) is 0 Å². The van der Waals surface area contributed by atoms with Crippen molar-refractivity contribution in [3.05, 3.63) is 81.4 Å². The smallest absolute Gasteiger partial charge is 0.345 e. The first-order valence-corrected chi connectivity index (χ1v) is 7.98. The highest BCUT2D eigenvalue weighted by Crippen LogP contribution is 2.32. The molecule has 4 aromatic rings. The van der Waals surface area contributed by atoms with Crippen LogP contribution in [0.25, 0.3) is 21.9 Å². The third-order valence-electron chi connectivity index (χ3n) is 3.94. The van der Waals surface area contributed by atoms with Gasteiger partial charge in [0.1, 0.15) is 16.9 Å². The molecule has 0 saturated heterocycles. The van der Waals surface area contributed by atoms with Gasteiger partial charge in [0.25, 0.3) is 5.69 Å². The van der Waals surface area contributed by atoms with Crippen LogP contribution in [0.1, 0.15) is 10.4 Å². The Bertz CT molecular complexity index is 1180. The van der Waals surface area contributed by atoms with Gasteiger partial charge < -0.3 is 9.15 Å². The number of nitrogens with zero attached hydrogens (tertiary/aromatic N) is 1. The Morgan fingerprint density at radius 2 is 1.77 bits per heavy atom. The van der Waals surface area contributed by atoms with Crippen molar-refractivity contribution in [3.8, 4) is 5.75 Å². The van der Waals surface area contributed by atoms with E-state index in [9.17, 15) is 14.9 Å². The number of carbonyl (C=O) groups is 1. The SMILES string of the molecule is O=C(Oc1ccc2oc3ccccc3c2c1)c1ccc([N+](=O)[O-])cc1Cl. The summed E-state index contributed by atoms with van der Waals surface area (Å²) in [5.74, 6) is -0.375. The second-order valence-electron chi connectivity index (χ2n) is 5.57. The van der Waals surface area contributed by atoms with Gasteiger partial charge in [0.05, 0.1) is 15.5 Å². The van der Waals surface area contributed by atoms with Gasteiger partial charge in [0.15, 0.2) is 0 Å². The van der Waals surface area contributed by atoms with Gasteiger partial charge in [-0.1, -0.05) is 29.8 Å². The number of carbonyl (C=O) groups excluding carboxylic acids is 1. The number of rotatable bonds is 3. The standard InChI is InChI=1S/C19H10ClNO5/c20-16-9-11(21(23)24)5-7-14(16)19(22)25-12-6-8-18-15(10-12)13-3-1-2-4-17(13)26-18/h1-10H. The fourth-order valence-electron chi connectivity index (χ4n) is 2.71. The third kappa shape index (κ3) is 2.76. The maximum absolute atomic E-state index is 12.4. The number of halogens is 1. The van der Waals surface area contributed by atoms with Gasteiger partial charge in [-0.3, -0.25) is 10.1 Å². The number of ether oxygens (including phenoxy) is 1. The molecular formula is C19H10ClNO5. The molecule has 0 N–H and O–H groups in total. The van der Waals surface area contributed by atoms with Gasteiger partial charge in [-0.2, -0.15) is 0 Å². The van der Waals surface area contributed by atoms with Crippen molar-refractivity contribution in [3.63, 3.8) is 0 Å². The first-order chi connectivity index (χ1) is 12.5. The van der Waals surface area contributed by atoms with Crippen LogP contribution in [0.2, 0.25) is 5.02 Å². The van der Waals surface area contributed by atoms with E-state index < -0.39 is 10.9 Å². The summed E-state index contributed by atoms with van der Waals surface area (Å²) >= 11 is 5.97. The fraction of sp³-hybridized carbons (Fsp3) is 0. The molecule has 7 heteroatoms. The number of furan rings is 1. The zero-order chi connectivity index (χ0) is 18.3. The molecule has 0 bridgehead atoms. The molecule has 0 unspecified atom stereocenters. The highest BCUT2D eigenvalue weighted by Gasteiger charge is 2.17. The maximum atomic E-state index is 12.4. The summed E-state index contributed by atoms with van der Waals surface area (Å²) in [4.78, 5) is 22.5. The first-order valence-electron chi connectivity index (χ1n) is 7.60. The van der Waals surface area contributed by atoms with Crippen LogP contribution < -0.4 is 4.74 Å². The lowest BCUT2D eigenvalue weighted by atomic mass is 10.1. The number of non-ortho nitro benzene ring substituents is 1. The van der Waals surface area contributed by atoms with Crippen molar-refractivity contribution in [2.75, 3.05) is 0 Å². The molecule has 0 aliphatic heterocycles. The number of fused-ring (bicyclic) bond motifs is 3. The van der Waals surface area contributed by atoms with Crippen LogP contribution in [0, 0.1) is 10.1 Å². The summed E-state index contributed by atoms with van der Waals surface area (Å²) in [7, 11) is 0. The molecule has 0 aliphatic carbocycles. The van der Waals surface area contributed by atoms with E-state index in [0.717, 1.165) is 22.4 Å². The second-order valence-corrected chi connectivity index (χ2v) is 5.97. The topological polar surface area (TPSA) is 82.6 Å². The molecule has 0 spiro atoms.